The summed E-state index contributed by atoms with van der Waals surface area (Å²) in [5.41, 5.74) is 5.45. The van der Waals surface area contributed by atoms with E-state index in [0.29, 0.717) is 18.5 Å². The number of anilines is 2. The number of sulfone groups is 1. The van der Waals surface area contributed by atoms with Crippen LogP contribution in [0.2, 0.25) is 5.02 Å². The predicted molar refractivity (Wildman–Crippen MR) is 124 cm³/mol. The molecule has 1 saturated heterocycles. The summed E-state index contributed by atoms with van der Waals surface area (Å²) in [4.78, 5) is 12.7. The van der Waals surface area contributed by atoms with Crippen LogP contribution in [0.5, 0.6) is 0 Å². The van der Waals surface area contributed by atoms with E-state index in [2.05, 4.69) is 20.3 Å². The van der Waals surface area contributed by atoms with E-state index in [0.717, 1.165) is 6.20 Å². The van der Waals surface area contributed by atoms with Gasteiger partial charge in [0.05, 0.1) is 16.5 Å². The van der Waals surface area contributed by atoms with Gasteiger partial charge in [0.15, 0.2) is 21.5 Å². The first-order valence-corrected chi connectivity index (χ1v) is 12.2. The predicted octanol–water partition coefficient (Wildman–Crippen LogP) is 4.23. The summed E-state index contributed by atoms with van der Waals surface area (Å²) in [6.45, 7) is 3.16. The fraction of sp³-hybridized carbons (Fsp3) is 0.318. The van der Waals surface area contributed by atoms with Crippen LogP contribution in [0.3, 0.4) is 0 Å². The molecule has 1 unspecified atom stereocenters. The lowest BCUT2D eigenvalue weighted by molar-refractivity contribution is 0.423. The number of aromatic nitrogens is 2. The Morgan fingerprint density at radius 3 is 2.67 bits per heavy atom. The molecule has 4 heterocycles. The zero-order chi connectivity index (χ0) is 23.8. The van der Waals surface area contributed by atoms with Gasteiger partial charge in [0.25, 0.3) is 0 Å². The van der Waals surface area contributed by atoms with Crippen molar-refractivity contribution in [3.05, 3.63) is 58.9 Å². The monoisotopic (exact) mass is 491 g/mol. The number of nitrogens with two attached hydrogens (primary N) is 1. The van der Waals surface area contributed by atoms with E-state index in [4.69, 9.17) is 17.3 Å². The average Bonchev–Trinajstić information content (AvgIpc) is 2.94. The molecule has 0 saturated carbocycles. The molecule has 1 fully saturated rings. The Labute approximate surface area is 194 Å². The molecule has 1 aromatic carbocycles. The Bertz CT molecular complexity index is 1460. The zero-order valence-corrected chi connectivity index (χ0v) is 19.3. The number of hydrogen-bond acceptors (Lipinski definition) is 7. The number of hydrogen-bond donors (Lipinski definition) is 2. The van der Waals surface area contributed by atoms with Crippen LogP contribution in [0.15, 0.2) is 41.7 Å². The van der Waals surface area contributed by atoms with Crippen LogP contribution in [0, 0.1) is 11.6 Å². The van der Waals surface area contributed by atoms with Crippen molar-refractivity contribution < 1.29 is 17.2 Å². The molecule has 172 valence electrons. The molecule has 3 N–H and O–H groups in total. The van der Waals surface area contributed by atoms with E-state index in [1.165, 1.54) is 30.5 Å². The Morgan fingerprint density at radius 2 is 1.91 bits per heavy atom. The largest absolute Gasteiger partial charge is 0.386 e. The summed E-state index contributed by atoms with van der Waals surface area (Å²) in [7, 11) is -3.68. The first-order chi connectivity index (χ1) is 15.5. The molecule has 2 aromatic heterocycles. The van der Waals surface area contributed by atoms with Gasteiger partial charge in [0, 0.05) is 22.8 Å². The maximum Gasteiger partial charge on any atom is 0.168 e. The normalized spacial score (nSPS) is 28.0. The maximum absolute atomic E-state index is 15.1. The quantitative estimate of drug-likeness (QED) is 0.567. The molecule has 2 aliphatic rings. The number of pyridine rings is 2. The van der Waals surface area contributed by atoms with Crippen LogP contribution < -0.4 is 11.1 Å². The molecule has 0 aliphatic carbocycles. The number of amidine groups is 1. The summed E-state index contributed by atoms with van der Waals surface area (Å²) in [6.07, 6.45) is 3.07. The smallest absolute Gasteiger partial charge is 0.168 e. The van der Waals surface area contributed by atoms with Crippen LogP contribution >= 0.6 is 11.6 Å². The van der Waals surface area contributed by atoms with E-state index < -0.39 is 37.0 Å². The minimum Gasteiger partial charge on any atom is -0.386 e. The first kappa shape index (κ1) is 22.0. The molecule has 0 spiro atoms. The van der Waals surface area contributed by atoms with Crippen LogP contribution in [0.25, 0.3) is 10.9 Å². The second-order valence-electron chi connectivity index (χ2n) is 8.77. The topological polar surface area (TPSA) is 110 Å². The Morgan fingerprint density at radius 1 is 1.15 bits per heavy atom. The fourth-order valence-electron chi connectivity index (χ4n) is 4.83. The third-order valence-electron chi connectivity index (χ3n) is 6.82. The average molecular weight is 492 g/mol. The molecular formula is C22H20ClF2N5O2S. The van der Waals surface area contributed by atoms with Crippen molar-refractivity contribution in [3.8, 4) is 0 Å². The molecular weight excluding hydrogens is 472 g/mol. The van der Waals surface area contributed by atoms with Gasteiger partial charge < -0.3 is 11.1 Å². The molecule has 0 radical (unpaired) electrons. The van der Waals surface area contributed by atoms with E-state index in [9.17, 15) is 12.8 Å². The van der Waals surface area contributed by atoms with Gasteiger partial charge in [-0.3, -0.25) is 9.98 Å². The van der Waals surface area contributed by atoms with Gasteiger partial charge in [-0.15, -0.1) is 0 Å². The summed E-state index contributed by atoms with van der Waals surface area (Å²) in [5, 5.41) is 2.57. The number of benzene rings is 1. The molecule has 33 heavy (non-hydrogen) atoms. The second-order valence-corrected chi connectivity index (χ2v) is 11.8. The minimum absolute atomic E-state index is 0.0104. The molecule has 3 aromatic rings. The highest BCUT2D eigenvalue weighted by atomic mass is 35.5. The third kappa shape index (κ3) is 3.03. The molecule has 11 heteroatoms. The molecule has 2 aliphatic heterocycles. The Balaban J connectivity index is 1.61. The van der Waals surface area contributed by atoms with Crippen molar-refractivity contribution >= 4 is 49.7 Å². The number of fused-ring (bicyclic) bond motifs is 3. The van der Waals surface area contributed by atoms with Crippen LogP contribution in [-0.4, -0.2) is 34.2 Å². The van der Waals surface area contributed by atoms with Crippen LogP contribution in [0.1, 0.15) is 32.3 Å². The van der Waals surface area contributed by atoms with E-state index in [1.54, 1.807) is 13.8 Å². The lowest BCUT2D eigenvalue weighted by Gasteiger charge is -2.39. The third-order valence-corrected chi connectivity index (χ3v) is 10.1. The van der Waals surface area contributed by atoms with Gasteiger partial charge in [0.2, 0.25) is 0 Å². The number of halogens is 3. The van der Waals surface area contributed by atoms with Crippen molar-refractivity contribution in [2.24, 2.45) is 10.7 Å². The lowest BCUT2D eigenvalue weighted by Crippen LogP contribution is -2.55. The summed E-state index contributed by atoms with van der Waals surface area (Å²) >= 11 is 5.93. The van der Waals surface area contributed by atoms with Crippen molar-refractivity contribution in [1.29, 1.82) is 0 Å². The van der Waals surface area contributed by atoms with E-state index in [1.807, 2.05) is 0 Å². The molecule has 0 amide bonds. The fourth-order valence-corrected chi connectivity index (χ4v) is 7.57. The van der Waals surface area contributed by atoms with E-state index >= 15 is 4.39 Å². The number of nitrogens with one attached hydrogen (secondary N) is 1. The highest BCUT2D eigenvalue weighted by molar-refractivity contribution is 7.94. The summed E-state index contributed by atoms with van der Waals surface area (Å²) in [5.74, 6) is -0.964. The first-order valence-electron chi connectivity index (χ1n) is 10.2. The number of rotatable bonds is 3. The highest BCUT2D eigenvalue weighted by Crippen LogP contribution is 2.51. The second kappa shape index (κ2) is 7.07. The van der Waals surface area contributed by atoms with Gasteiger partial charge in [-0.1, -0.05) is 11.6 Å². The van der Waals surface area contributed by atoms with Gasteiger partial charge >= 0.3 is 0 Å². The SMILES string of the molecule is C[C@]1(c2cc(Nc3ncc(F)c4cc(Cl)cnc34)ccc2F)N=C(N)[C@@]2(C)CCC1S2(=O)=O. The van der Waals surface area contributed by atoms with Crippen LogP contribution in [-0.2, 0) is 15.4 Å². The van der Waals surface area contributed by atoms with Crippen molar-refractivity contribution in [2.45, 2.75) is 42.2 Å². The summed E-state index contributed by atoms with van der Waals surface area (Å²) in [6, 6.07) is 5.61. The van der Waals surface area contributed by atoms with Crippen molar-refractivity contribution in [3.63, 3.8) is 0 Å². The Hall–Kier alpha value is -2.85. The molecule has 7 nitrogen and oxygen atoms in total. The number of nitrogens with zero attached hydrogens (tertiary/aromatic N) is 3. The molecule has 5 rings (SSSR count). The van der Waals surface area contributed by atoms with Gasteiger partial charge in [-0.05, 0) is 51.0 Å². The zero-order valence-electron chi connectivity index (χ0n) is 17.7. The summed E-state index contributed by atoms with van der Waals surface area (Å²) < 4.78 is 54.5. The molecule has 3 atom stereocenters. The van der Waals surface area contributed by atoms with Gasteiger partial charge in [-0.2, -0.15) is 0 Å². The van der Waals surface area contributed by atoms with Crippen molar-refractivity contribution in [1.82, 2.24) is 9.97 Å². The standard InChI is InChI=1S/C22H20ClF2N5O2S/c1-21-6-5-17(33(21,31)32)22(2,30-20(21)26)14-8-12(3-4-15(14)24)29-19-18-13(16(25)10-28-19)7-11(23)9-27-18/h3-4,7-10,17H,5-6H2,1-2H3,(H2,26,30)(H,28,29)/t17?,21-,22-/m1/s1. The highest BCUT2D eigenvalue weighted by Gasteiger charge is 2.63. The van der Waals surface area contributed by atoms with Gasteiger partial charge in [0.1, 0.15) is 27.5 Å². The van der Waals surface area contributed by atoms with E-state index in [-0.39, 0.29) is 33.1 Å². The maximum atomic E-state index is 15.1. The van der Waals surface area contributed by atoms with Gasteiger partial charge in [-0.25, -0.2) is 22.2 Å². The van der Waals surface area contributed by atoms with Crippen LogP contribution in [0.4, 0.5) is 20.3 Å². The number of aliphatic imine (C=N–C) groups is 1. The molecule has 2 bridgehead atoms. The Kier molecular flexibility index (Phi) is 4.71. The van der Waals surface area contributed by atoms with Crippen molar-refractivity contribution in [2.75, 3.05) is 5.32 Å². The minimum atomic E-state index is -3.68. The lowest BCUT2D eigenvalue weighted by atomic mass is 9.86.